The standard InChI is InChI=1S/C22H26N6O2/c1-4-15-19-18(21-24-20(14(2)3)25-30-21)23-13-27(19)16-9-5-6-10-17(16)28(15)22(29)26-11-7-8-12-26/h5-6,9-10,13-15H,4,7-8,11-12H2,1-3H3. The molecule has 0 spiro atoms. The van der Waals surface area contributed by atoms with Crippen molar-refractivity contribution in [3.05, 3.63) is 42.1 Å². The van der Waals surface area contributed by atoms with Crippen LogP contribution in [-0.2, 0) is 0 Å². The van der Waals surface area contributed by atoms with Crippen molar-refractivity contribution < 1.29 is 9.32 Å². The monoisotopic (exact) mass is 406 g/mol. The smallest absolute Gasteiger partial charge is 0.325 e. The lowest BCUT2D eigenvalue weighted by Crippen LogP contribution is -2.46. The Balaban J connectivity index is 1.66. The summed E-state index contributed by atoms with van der Waals surface area (Å²) < 4.78 is 7.62. The number of nitrogens with zero attached hydrogens (tertiary/aromatic N) is 6. The van der Waals surface area contributed by atoms with E-state index in [0.717, 1.165) is 49.4 Å². The normalized spacial score (nSPS) is 18.1. The number of imidazole rings is 1. The number of rotatable bonds is 3. The first kappa shape index (κ1) is 18.8. The Labute approximate surface area is 175 Å². The number of carbonyl (C=O) groups is 1. The molecule has 8 heteroatoms. The fourth-order valence-electron chi connectivity index (χ4n) is 4.43. The van der Waals surface area contributed by atoms with Crippen LogP contribution in [0.2, 0.25) is 0 Å². The second-order valence-electron chi connectivity index (χ2n) is 8.22. The van der Waals surface area contributed by atoms with E-state index in [0.29, 0.717) is 17.4 Å². The van der Waals surface area contributed by atoms with E-state index in [9.17, 15) is 4.79 Å². The molecule has 2 aromatic heterocycles. The van der Waals surface area contributed by atoms with Crippen LogP contribution in [0.25, 0.3) is 17.3 Å². The molecule has 156 valence electrons. The van der Waals surface area contributed by atoms with Crippen LogP contribution in [0.1, 0.15) is 63.5 Å². The second kappa shape index (κ2) is 7.27. The van der Waals surface area contributed by atoms with E-state index in [1.165, 1.54) is 0 Å². The van der Waals surface area contributed by atoms with E-state index in [1.54, 1.807) is 6.33 Å². The van der Waals surface area contributed by atoms with Crippen molar-refractivity contribution in [3.63, 3.8) is 0 Å². The van der Waals surface area contributed by atoms with Crippen LogP contribution < -0.4 is 4.90 Å². The lowest BCUT2D eigenvalue weighted by atomic mass is 10.0. The molecule has 1 unspecified atom stereocenters. The van der Waals surface area contributed by atoms with Gasteiger partial charge >= 0.3 is 6.03 Å². The number of fused-ring (bicyclic) bond motifs is 3. The van der Waals surface area contributed by atoms with Gasteiger partial charge in [-0.15, -0.1) is 0 Å². The number of hydrogen-bond acceptors (Lipinski definition) is 5. The summed E-state index contributed by atoms with van der Waals surface area (Å²) in [6.07, 6.45) is 4.66. The summed E-state index contributed by atoms with van der Waals surface area (Å²) in [6.45, 7) is 7.76. The zero-order chi connectivity index (χ0) is 20.8. The topological polar surface area (TPSA) is 80.3 Å². The second-order valence-corrected chi connectivity index (χ2v) is 8.22. The number of amides is 2. The molecule has 2 aliphatic rings. The van der Waals surface area contributed by atoms with Crippen LogP contribution in [0.4, 0.5) is 10.5 Å². The van der Waals surface area contributed by atoms with Crippen LogP contribution in [0.15, 0.2) is 35.1 Å². The highest BCUT2D eigenvalue weighted by Gasteiger charge is 2.40. The fourth-order valence-corrected chi connectivity index (χ4v) is 4.43. The molecule has 1 saturated heterocycles. The minimum Gasteiger partial charge on any atom is -0.332 e. The number of urea groups is 1. The first-order chi connectivity index (χ1) is 14.6. The Morgan fingerprint density at radius 1 is 1.20 bits per heavy atom. The fraction of sp³-hybridized carbons (Fsp3) is 0.455. The summed E-state index contributed by atoms with van der Waals surface area (Å²) in [6, 6.07) is 7.88. The Bertz CT molecular complexity index is 1080. The molecule has 0 saturated carbocycles. The Kier molecular flexibility index (Phi) is 4.56. The van der Waals surface area contributed by atoms with E-state index >= 15 is 0 Å². The highest BCUT2D eigenvalue weighted by Crippen LogP contribution is 2.44. The highest BCUT2D eigenvalue weighted by atomic mass is 16.5. The first-order valence-corrected chi connectivity index (χ1v) is 10.7. The van der Waals surface area contributed by atoms with E-state index in [2.05, 4.69) is 26.6 Å². The molecule has 30 heavy (non-hydrogen) atoms. The maximum Gasteiger partial charge on any atom is 0.325 e. The minimum absolute atomic E-state index is 0.0543. The summed E-state index contributed by atoms with van der Waals surface area (Å²) in [5.41, 5.74) is 3.41. The number of anilines is 1. The zero-order valence-electron chi connectivity index (χ0n) is 17.6. The lowest BCUT2D eigenvalue weighted by molar-refractivity contribution is 0.212. The van der Waals surface area contributed by atoms with E-state index in [4.69, 9.17) is 4.52 Å². The van der Waals surface area contributed by atoms with Crippen molar-refractivity contribution in [3.8, 4) is 17.3 Å². The summed E-state index contributed by atoms with van der Waals surface area (Å²) >= 11 is 0. The number of para-hydroxylation sites is 2. The van der Waals surface area contributed by atoms with Gasteiger partial charge in [-0.05, 0) is 31.4 Å². The average molecular weight is 406 g/mol. The highest BCUT2D eigenvalue weighted by molar-refractivity contribution is 5.96. The largest absolute Gasteiger partial charge is 0.332 e. The van der Waals surface area contributed by atoms with Gasteiger partial charge in [0.05, 0.1) is 23.1 Å². The third kappa shape index (κ3) is 2.81. The molecule has 0 bridgehead atoms. The van der Waals surface area contributed by atoms with Gasteiger partial charge in [0, 0.05) is 19.0 Å². The Morgan fingerprint density at radius 3 is 2.60 bits per heavy atom. The average Bonchev–Trinajstić information content (AvgIpc) is 3.52. The van der Waals surface area contributed by atoms with Crippen LogP contribution >= 0.6 is 0 Å². The quantitative estimate of drug-likeness (QED) is 0.638. The van der Waals surface area contributed by atoms with Crippen LogP contribution in [-0.4, -0.2) is 43.7 Å². The zero-order valence-corrected chi connectivity index (χ0v) is 17.6. The predicted molar refractivity (Wildman–Crippen MR) is 113 cm³/mol. The number of benzene rings is 1. The van der Waals surface area contributed by atoms with Gasteiger partial charge in [0.1, 0.15) is 6.33 Å². The molecule has 0 aliphatic carbocycles. The van der Waals surface area contributed by atoms with Crippen molar-refractivity contribution in [2.24, 2.45) is 0 Å². The molecular weight excluding hydrogens is 380 g/mol. The van der Waals surface area contributed by atoms with Gasteiger partial charge in [-0.3, -0.25) is 9.47 Å². The van der Waals surface area contributed by atoms with Gasteiger partial charge in [0.2, 0.25) is 0 Å². The Morgan fingerprint density at radius 2 is 1.93 bits per heavy atom. The molecule has 3 aromatic rings. The van der Waals surface area contributed by atoms with Gasteiger partial charge in [0.15, 0.2) is 11.5 Å². The van der Waals surface area contributed by atoms with Crippen molar-refractivity contribution in [2.75, 3.05) is 18.0 Å². The summed E-state index contributed by atoms with van der Waals surface area (Å²) in [7, 11) is 0. The van der Waals surface area contributed by atoms with Crippen LogP contribution in [0.5, 0.6) is 0 Å². The molecule has 4 heterocycles. The molecule has 1 fully saturated rings. The van der Waals surface area contributed by atoms with Crippen molar-refractivity contribution in [1.82, 2.24) is 24.6 Å². The number of likely N-dealkylation sites (tertiary alicyclic amines) is 1. The Hall–Kier alpha value is -3.16. The van der Waals surface area contributed by atoms with Gasteiger partial charge in [-0.1, -0.05) is 38.1 Å². The third-order valence-electron chi connectivity index (χ3n) is 5.96. The molecule has 1 aromatic carbocycles. The van der Waals surface area contributed by atoms with E-state index in [-0.39, 0.29) is 18.0 Å². The number of hydrogen-bond donors (Lipinski definition) is 0. The lowest BCUT2D eigenvalue weighted by Gasteiger charge is -2.39. The van der Waals surface area contributed by atoms with Crippen molar-refractivity contribution in [2.45, 2.75) is 52.0 Å². The molecule has 8 nitrogen and oxygen atoms in total. The predicted octanol–water partition coefficient (Wildman–Crippen LogP) is 4.53. The molecule has 2 aliphatic heterocycles. The molecular formula is C22H26N6O2. The molecule has 0 N–H and O–H groups in total. The number of aromatic nitrogens is 4. The van der Waals surface area contributed by atoms with Crippen molar-refractivity contribution in [1.29, 1.82) is 0 Å². The van der Waals surface area contributed by atoms with E-state index < -0.39 is 0 Å². The van der Waals surface area contributed by atoms with Crippen LogP contribution in [0, 0.1) is 0 Å². The first-order valence-electron chi connectivity index (χ1n) is 10.7. The number of carbonyl (C=O) groups excluding carboxylic acids is 1. The summed E-state index contributed by atoms with van der Waals surface area (Å²) in [4.78, 5) is 26.7. The van der Waals surface area contributed by atoms with Gasteiger partial charge in [0.25, 0.3) is 5.89 Å². The summed E-state index contributed by atoms with van der Waals surface area (Å²) in [5.74, 6) is 1.22. The molecule has 0 radical (unpaired) electrons. The summed E-state index contributed by atoms with van der Waals surface area (Å²) in [5, 5.41) is 4.11. The molecule has 5 rings (SSSR count). The third-order valence-corrected chi connectivity index (χ3v) is 5.96. The van der Waals surface area contributed by atoms with E-state index in [1.807, 2.05) is 47.9 Å². The maximum absolute atomic E-state index is 13.6. The van der Waals surface area contributed by atoms with Gasteiger partial charge in [-0.25, -0.2) is 9.78 Å². The minimum atomic E-state index is -0.167. The van der Waals surface area contributed by atoms with Gasteiger partial charge < -0.3 is 9.42 Å². The molecule has 1 atom stereocenters. The van der Waals surface area contributed by atoms with Crippen molar-refractivity contribution >= 4 is 11.7 Å². The van der Waals surface area contributed by atoms with Gasteiger partial charge in [-0.2, -0.15) is 4.98 Å². The van der Waals surface area contributed by atoms with Crippen LogP contribution in [0.3, 0.4) is 0 Å². The maximum atomic E-state index is 13.6. The SMILES string of the molecule is CCC1c2c(-c3nc(C(C)C)no3)ncn2-c2ccccc2N1C(=O)N1CCCC1. The molecule has 2 amide bonds.